The van der Waals surface area contributed by atoms with Gasteiger partial charge in [-0.25, -0.2) is 25.2 Å². The molecular weight excluding hydrogens is 447 g/mol. The Morgan fingerprint density at radius 3 is 1.79 bits per heavy atom. The Morgan fingerprint density at radius 1 is 0.966 bits per heavy atom. The average molecular weight is 462 g/mol. The van der Waals surface area contributed by atoms with Gasteiger partial charge in [-0.2, -0.15) is 44.5 Å². The van der Waals surface area contributed by atoms with Crippen LogP contribution >= 0.6 is 0 Å². The summed E-state index contributed by atoms with van der Waals surface area (Å²) < 4.78 is 119. The van der Waals surface area contributed by atoms with E-state index in [9.17, 15) is 49.1 Å². The quantitative estimate of drug-likeness (QED) is 0.285. The summed E-state index contributed by atoms with van der Waals surface area (Å²) >= 11 is 0. The fourth-order valence-electron chi connectivity index (χ4n) is 2.06. The van der Waals surface area contributed by atoms with Gasteiger partial charge in [0.05, 0.1) is 12.1 Å². The number of carbonyl (C=O) groups excluding carboxylic acids is 2. The summed E-state index contributed by atoms with van der Waals surface area (Å²) in [6.45, 7) is 2.51. The van der Waals surface area contributed by atoms with Gasteiger partial charge in [0.25, 0.3) is 0 Å². The highest BCUT2D eigenvalue weighted by molar-refractivity contribution is 6.69. The van der Waals surface area contributed by atoms with Gasteiger partial charge in [0.2, 0.25) is 0 Å². The highest BCUT2D eigenvalue weighted by Gasteiger charge is 2.48. The number of rotatable bonds is 2. The van der Waals surface area contributed by atoms with E-state index in [0.29, 0.717) is 10.6 Å². The van der Waals surface area contributed by atoms with Crippen molar-refractivity contribution in [3.63, 3.8) is 0 Å². The molecule has 0 radical (unpaired) electrons. The predicted octanol–water partition coefficient (Wildman–Crippen LogP) is 3.64. The molecule has 0 saturated carbocycles. The second kappa shape index (κ2) is 7.92. The zero-order chi connectivity index (χ0) is 23.0. The molecule has 0 saturated heterocycles. The van der Waals surface area contributed by atoms with Crippen molar-refractivity contribution in [3.8, 4) is 0 Å². The Morgan fingerprint density at radius 2 is 1.41 bits per heavy atom. The van der Waals surface area contributed by atoms with Gasteiger partial charge < -0.3 is 4.43 Å². The van der Waals surface area contributed by atoms with Gasteiger partial charge in [-0.3, -0.25) is 0 Å². The van der Waals surface area contributed by atoms with E-state index in [4.69, 9.17) is 4.43 Å². The Labute approximate surface area is 158 Å². The maximum Gasteiger partial charge on any atom is 0.486 e. The van der Waals surface area contributed by atoms with Gasteiger partial charge in [-0.1, -0.05) is 0 Å². The van der Waals surface area contributed by atoms with Crippen molar-refractivity contribution < 1.29 is 53.5 Å². The number of hydrogen-bond acceptors (Lipinski definition) is 3. The fourth-order valence-corrected chi connectivity index (χ4v) is 2.95. The number of carbonyl (C=O) groups is 2. The number of nitrogens with one attached hydrogen (secondary N) is 2. The molecule has 7 nitrogen and oxygen atoms in total. The number of halogens is 9. The van der Waals surface area contributed by atoms with Crippen LogP contribution in [-0.2, 0) is 4.43 Å². The molecule has 1 aliphatic heterocycles. The topological polar surface area (TPSA) is 73.9 Å². The molecule has 0 fully saturated rings. The number of nitrogens with zero attached hydrogens (tertiary/aromatic N) is 2. The minimum Gasteiger partial charge on any atom is -0.393 e. The highest BCUT2D eigenvalue weighted by Crippen LogP contribution is 2.33. The molecule has 0 aliphatic carbocycles. The molecule has 168 valence electrons. The van der Waals surface area contributed by atoms with Crippen LogP contribution in [0, 0.1) is 0 Å². The summed E-state index contributed by atoms with van der Waals surface area (Å²) in [5.74, 6) is 0. The van der Waals surface area contributed by atoms with Crippen LogP contribution in [0.4, 0.5) is 49.1 Å². The predicted molar refractivity (Wildman–Crippen MR) is 80.1 cm³/mol. The number of hydrogen-bond donors (Lipinski definition) is 2. The van der Waals surface area contributed by atoms with Crippen LogP contribution in [0.25, 0.3) is 0 Å². The summed E-state index contributed by atoms with van der Waals surface area (Å²) in [6, 6.07) is -4.52. The molecule has 0 aromatic heterocycles. The van der Waals surface area contributed by atoms with E-state index in [2.05, 4.69) is 0 Å². The molecular formula is C12H15F9N4O3Si. The molecule has 4 amide bonds. The summed E-state index contributed by atoms with van der Waals surface area (Å²) in [7, 11) is -2.89. The lowest BCUT2D eigenvalue weighted by molar-refractivity contribution is -0.164. The zero-order valence-electron chi connectivity index (χ0n) is 14.9. The number of urea groups is 2. The first-order valence-corrected chi connectivity index (χ1v) is 10.9. The minimum absolute atomic E-state index is 0.228. The van der Waals surface area contributed by atoms with E-state index in [-0.39, 0.29) is 11.1 Å². The van der Waals surface area contributed by atoms with Crippen LogP contribution in [0.1, 0.15) is 0 Å². The summed E-state index contributed by atoms with van der Waals surface area (Å²) in [5.41, 5.74) is -1.59. The molecule has 1 rings (SSSR count). The molecule has 1 aliphatic rings. The molecule has 0 aromatic rings. The van der Waals surface area contributed by atoms with Crippen molar-refractivity contribution in [2.24, 2.45) is 0 Å². The minimum atomic E-state index is -5.43. The lowest BCUT2D eigenvalue weighted by atomic mass is 10.2. The van der Waals surface area contributed by atoms with E-state index in [1.807, 2.05) is 0 Å². The van der Waals surface area contributed by atoms with Crippen molar-refractivity contribution >= 4 is 20.4 Å². The van der Waals surface area contributed by atoms with Gasteiger partial charge in [0, 0.05) is 0 Å². The number of amides is 4. The maximum absolute atomic E-state index is 13.1. The standard InChI is InChI=1S/C12H15F9N4O3Si/c1-29(2,3)28-7-4-6(10(13,14)15)5-24(8(26)22-11(16,17)18)25(7)9(27)23-12(19,20)21/h4,7H,5H2,1-3H3,(H,22,26)(H,23,27). The third kappa shape index (κ3) is 7.99. The summed E-state index contributed by atoms with van der Waals surface area (Å²) in [5, 5.41) is 0.00630. The summed E-state index contributed by atoms with van der Waals surface area (Å²) in [6.07, 6.45) is -18.0. The second-order valence-corrected chi connectivity index (χ2v) is 11.0. The first-order chi connectivity index (χ1) is 12.7. The van der Waals surface area contributed by atoms with Crippen LogP contribution in [0.5, 0.6) is 0 Å². The number of hydrazine groups is 1. The molecule has 0 spiro atoms. The Hall–Kier alpha value is -2.17. The monoisotopic (exact) mass is 462 g/mol. The van der Waals surface area contributed by atoms with Crippen LogP contribution < -0.4 is 10.6 Å². The molecule has 17 heteroatoms. The van der Waals surface area contributed by atoms with Crippen LogP contribution in [0.15, 0.2) is 11.6 Å². The third-order valence-corrected chi connectivity index (χ3v) is 3.89. The Balaban J connectivity index is 3.48. The molecule has 0 bridgehead atoms. The van der Waals surface area contributed by atoms with E-state index >= 15 is 0 Å². The van der Waals surface area contributed by atoms with Gasteiger partial charge >= 0.3 is 30.8 Å². The third-order valence-electron chi connectivity index (χ3n) is 2.94. The first-order valence-electron chi connectivity index (χ1n) is 7.50. The molecule has 1 atom stereocenters. The van der Waals surface area contributed by atoms with E-state index in [1.54, 1.807) is 0 Å². The molecule has 1 heterocycles. The normalized spacial score (nSPS) is 19.0. The van der Waals surface area contributed by atoms with Gasteiger partial charge in [-0.15, -0.1) is 0 Å². The van der Waals surface area contributed by atoms with Crippen LogP contribution in [-0.4, -0.2) is 61.9 Å². The lowest BCUT2D eigenvalue weighted by Crippen LogP contribution is -2.66. The molecule has 2 N–H and O–H groups in total. The smallest absolute Gasteiger partial charge is 0.393 e. The Kier molecular flexibility index (Phi) is 6.79. The van der Waals surface area contributed by atoms with E-state index < -0.39 is 62.5 Å². The fraction of sp³-hybridized carbons (Fsp3) is 0.667. The van der Waals surface area contributed by atoms with E-state index in [0.717, 1.165) is 0 Å². The lowest BCUT2D eigenvalue weighted by Gasteiger charge is -2.44. The Bertz CT molecular complexity index is 669. The molecule has 0 aromatic carbocycles. The number of alkyl halides is 9. The largest absolute Gasteiger partial charge is 0.486 e. The van der Waals surface area contributed by atoms with Crippen LogP contribution in [0.2, 0.25) is 19.6 Å². The zero-order valence-corrected chi connectivity index (χ0v) is 15.9. The molecule has 1 unspecified atom stereocenters. The average Bonchev–Trinajstić information content (AvgIpc) is 2.39. The van der Waals surface area contributed by atoms with Gasteiger partial charge in [-0.05, 0) is 25.7 Å². The van der Waals surface area contributed by atoms with Gasteiger partial charge in [0.1, 0.15) is 0 Å². The van der Waals surface area contributed by atoms with E-state index in [1.165, 1.54) is 19.6 Å². The van der Waals surface area contributed by atoms with Crippen molar-refractivity contribution in [2.75, 3.05) is 6.54 Å². The van der Waals surface area contributed by atoms with Gasteiger partial charge in [0.15, 0.2) is 14.5 Å². The summed E-state index contributed by atoms with van der Waals surface area (Å²) in [4.78, 5) is 23.8. The first kappa shape index (κ1) is 24.9. The van der Waals surface area contributed by atoms with Crippen molar-refractivity contribution in [1.29, 1.82) is 0 Å². The molecule has 29 heavy (non-hydrogen) atoms. The van der Waals surface area contributed by atoms with Crippen molar-refractivity contribution in [3.05, 3.63) is 11.6 Å². The second-order valence-electron chi connectivity index (χ2n) is 6.57. The SMILES string of the molecule is C[Si](C)(C)OC1C=C(C(F)(F)F)CN(C(=O)NC(F)(F)F)N1C(=O)NC(F)(F)F. The highest BCUT2D eigenvalue weighted by atomic mass is 28.4. The maximum atomic E-state index is 13.1. The van der Waals surface area contributed by atoms with Crippen molar-refractivity contribution in [1.82, 2.24) is 20.7 Å². The van der Waals surface area contributed by atoms with Crippen LogP contribution in [0.3, 0.4) is 0 Å². The van der Waals surface area contributed by atoms with Crippen molar-refractivity contribution in [2.45, 2.75) is 44.6 Å².